The minimum Gasteiger partial charge on any atom is -0.0593 e. The van der Waals surface area contributed by atoms with E-state index in [1.807, 2.05) is 0 Å². The Hall–Kier alpha value is -1.82. The maximum atomic E-state index is 2.49. The lowest BCUT2D eigenvalue weighted by Gasteiger charge is -2.14. The minimum absolute atomic E-state index is 0.417. The number of rotatable bonds is 0. The van der Waals surface area contributed by atoms with Crippen LogP contribution >= 0.6 is 0 Å². The molecule has 24 heavy (non-hydrogen) atoms. The molecule has 0 bridgehead atoms. The van der Waals surface area contributed by atoms with Gasteiger partial charge in [0.05, 0.1) is 0 Å². The highest BCUT2D eigenvalue weighted by Crippen LogP contribution is 2.42. The summed E-state index contributed by atoms with van der Waals surface area (Å²) >= 11 is 0. The first-order valence-electron chi connectivity index (χ1n) is 9.30. The Morgan fingerprint density at radius 1 is 0.542 bits per heavy atom. The first kappa shape index (κ1) is 14.5. The van der Waals surface area contributed by atoms with Crippen molar-refractivity contribution in [1.29, 1.82) is 0 Å². The third-order valence-electron chi connectivity index (χ3n) is 6.15. The maximum absolute atomic E-state index is 2.49. The summed E-state index contributed by atoms with van der Waals surface area (Å²) in [5.74, 6) is 0. The van der Waals surface area contributed by atoms with Gasteiger partial charge in [0.1, 0.15) is 0 Å². The Labute approximate surface area is 144 Å². The van der Waals surface area contributed by atoms with Gasteiger partial charge in [0.15, 0.2) is 0 Å². The Kier molecular flexibility index (Phi) is 2.67. The maximum Gasteiger partial charge on any atom is -0.0102 e. The van der Waals surface area contributed by atoms with Crippen LogP contribution in [0.5, 0.6) is 0 Å². The fourth-order valence-corrected chi connectivity index (χ4v) is 5.18. The molecule has 2 aliphatic carbocycles. The molecule has 0 saturated heterocycles. The smallest absolute Gasteiger partial charge is 0.0102 e. The van der Waals surface area contributed by atoms with Crippen LogP contribution < -0.4 is 0 Å². The Morgan fingerprint density at radius 2 is 0.875 bits per heavy atom. The van der Waals surface area contributed by atoms with Crippen LogP contribution in [0.4, 0.5) is 0 Å². The van der Waals surface area contributed by atoms with Gasteiger partial charge in [0, 0.05) is 0 Å². The normalized spacial score (nSPS) is 20.5. The van der Waals surface area contributed by atoms with Gasteiger partial charge in [-0.2, -0.15) is 0 Å². The van der Waals surface area contributed by atoms with Crippen molar-refractivity contribution in [3.05, 3.63) is 58.7 Å². The summed E-state index contributed by atoms with van der Waals surface area (Å²) < 4.78 is 0. The largest absolute Gasteiger partial charge is 0.0593 e. The number of benzene rings is 3. The van der Waals surface area contributed by atoms with Gasteiger partial charge in [-0.3, -0.25) is 0 Å². The monoisotopic (exact) mass is 314 g/mol. The topological polar surface area (TPSA) is 0 Å². The molecular weight excluding hydrogens is 288 g/mol. The zero-order valence-electron chi connectivity index (χ0n) is 15.3. The summed E-state index contributed by atoms with van der Waals surface area (Å²) in [7, 11) is 0. The zero-order valence-corrected chi connectivity index (χ0v) is 15.3. The van der Waals surface area contributed by atoms with Crippen LogP contribution in [0.25, 0.3) is 21.5 Å². The van der Waals surface area contributed by atoms with E-state index in [2.05, 4.69) is 64.1 Å². The fraction of sp³-hybridized carbons (Fsp3) is 0.417. The zero-order chi connectivity index (χ0) is 16.7. The molecule has 0 heterocycles. The number of hydrogen-bond donors (Lipinski definition) is 0. The molecule has 2 aliphatic rings. The number of hydrogen-bond acceptors (Lipinski definition) is 0. The molecule has 0 saturated carbocycles. The molecule has 0 nitrogen and oxygen atoms in total. The molecule has 0 heteroatoms. The summed E-state index contributed by atoms with van der Waals surface area (Å²) in [6.07, 6.45) is 4.86. The summed E-state index contributed by atoms with van der Waals surface area (Å²) in [5, 5.41) is 5.74. The lowest BCUT2D eigenvalue weighted by molar-refractivity contribution is 0.392. The van der Waals surface area contributed by atoms with E-state index in [4.69, 9.17) is 0 Å². The molecule has 0 unspecified atom stereocenters. The van der Waals surface area contributed by atoms with E-state index in [0.29, 0.717) is 10.8 Å². The Bertz CT molecular complexity index is 919. The molecule has 3 aromatic rings. The second-order valence-electron chi connectivity index (χ2n) is 9.79. The lowest BCUT2D eigenvalue weighted by Crippen LogP contribution is -2.09. The molecule has 0 amide bonds. The standard InChI is InChI=1S/C24H26/c1-23(2)11-17-7-15-5-6-16-8-18-12-24(3,4)14-20(18)10-22(16)21(15)9-19(17)13-23/h5-10H,11-14H2,1-4H3. The van der Waals surface area contributed by atoms with Crippen molar-refractivity contribution in [3.63, 3.8) is 0 Å². The van der Waals surface area contributed by atoms with Crippen molar-refractivity contribution in [1.82, 2.24) is 0 Å². The summed E-state index contributed by atoms with van der Waals surface area (Å²) in [6.45, 7) is 9.57. The van der Waals surface area contributed by atoms with Gasteiger partial charge in [0.2, 0.25) is 0 Å². The second kappa shape index (κ2) is 4.42. The van der Waals surface area contributed by atoms with E-state index in [0.717, 1.165) is 0 Å². The summed E-state index contributed by atoms with van der Waals surface area (Å²) in [5.41, 5.74) is 7.10. The van der Waals surface area contributed by atoms with Crippen molar-refractivity contribution in [2.45, 2.75) is 53.4 Å². The van der Waals surface area contributed by atoms with Crippen LogP contribution in [0.1, 0.15) is 49.9 Å². The molecule has 0 N–H and O–H groups in total. The SMILES string of the molecule is CC1(C)Cc2cc3ccc4cc5c(cc4c3cc2C1)CC(C)(C)C5. The molecule has 0 fully saturated rings. The van der Waals surface area contributed by atoms with E-state index in [1.165, 1.54) is 47.2 Å². The molecule has 122 valence electrons. The van der Waals surface area contributed by atoms with Gasteiger partial charge in [-0.05, 0) is 80.3 Å². The quantitative estimate of drug-likeness (QED) is 0.431. The van der Waals surface area contributed by atoms with Gasteiger partial charge < -0.3 is 0 Å². The first-order chi connectivity index (χ1) is 11.3. The molecule has 0 radical (unpaired) electrons. The average Bonchev–Trinajstić information content (AvgIpc) is 2.94. The average molecular weight is 314 g/mol. The van der Waals surface area contributed by atoms with Crippen molar-refractivity contribution in [2.75, 3.05) is 0 Å². The molecule has 0 spiro atoms. The minimum atomic E-state index is 0.417. The van der Waals surface area contributed by atoms with E-state index in [-0.39, 0.29) is 0 Å². The second-order valence-corrected chi connectivity index (χ2v) is 9.79. The van der Waals surface area contributed by atoms with Crippen molar-refractivity contribution in [2.24, 2.45) is 10.8 Å². The van der Waals surface area contributed by atoms with Gasteiger partial charge in [-0.15, -0.1) is 0 Å². The van der Waals surface area contributed by atoms with E-state index < -0.39 is 0 Å². The van der Waals surface area contributed by atoms with E-state index >= 15 is 0 Å². The van der Waals surface area contributed by atoms with E-state index in [9.17, 15) is 0 Å². The fourth-order valence-electron chi connectivity index (χ4n) is 5.18. The van der Waals surface area contributed by atoms with E-state index in [1.54, 1.807) is 22.3 Å². The number of fused-ring (bicyclic) bond motifs is 5. The van der Waals surface area contributed by atoms with Gasteiger partial charge in [0.25, 0.3) is 0 Å². The van der Waals surface area contributed by atoms with Crippen LogP contribution in [-0.2, 0) is 25.7 Å². The van der Waals surface area contributed by atoms with Crippen molar-refractivity contribution >= 4 is 21.5 Å². The van der Waals surface area contributed by atoms with Gasteiger partial charge >= 0.3 is 0 Å². The Balaban J connectivity index is 1.77. The van der Waals surface area contributed by atoms with Crippen LogP contribution in [0.2, 0.25) is 0 Å². The molecular formula is C24H26. The molecule has 0 aliphatic heterocycles. The van der Waals surface area contributed by atoms with Crippen LogP contribution in [-0.4, -0.2) is 0 Å². The molecule has 3 aromatic carbocycles. The predicted molar refractivity (Wildman–Crippen MR) is 104 cm³/mol. The molecule has 5 rings (SSSR count). The highest BCUT2D eigenvalue weighted by molar-refractivity contribution is 6.08. The first-order valence-corrected chi connectivity index (χ1v) is 9.30. The van der Waals surface area contributed by atoms with Crippen LogP contribution in [0, 0.1) is 10.8 Å². The lowest BCUT2D eigenvalue weighted by atomic mass is 9.90. The summed E-state index contributed by atoms with van der Waals surface area (Å²) in [4.78, 5) is 0. The van der Waals surface area contributed by atoms with Crippen molar-refractivity contribution in [3.8, 4) is 0 Å². The molecule has 0 atom stereocenters. The molecule has 0 aromatic heterocycles. The third kappa shape index (κ3) is 2.12. The Morgan fingerprint density at radius 3 is 1.25 bits per heavy atom. The van der Waals surface area contributed by atoms with Gasteiger partial charge in [-0.1, -0.05) is 64.1 Å². The highest BCUT2D eigenvalue weighted by Gasteiger charge is 2.30. The summed E-state index contributed by atoms with van der Waals surface area (Å²) in [6, 6.07) is 14.6. The highest BCUT2D eigenvalue weighted by atomic mass is 14.3. The van der Waals surface area contributed by atoms with Crippen molar-refractivity contribution < 1.29 is 0 Å². The third-order valence-corrected chi connectivity index (χ3v) is 6.15. The van der Waals surface area contributed by atoms with Crippen LogP contribution in [0.15, 0.2) is 36.4 Å². The predicted octanol–water partition coefficient (Wildman–Crippen LogP) is 6.24. The van der Waals surface area contributed by atoms with Gasteiger partial charge in [-0.25, -0.2) is 0 Å². The van der Waals surface area contributed by atoms with Crippen LogP contribution in [0.3, 0.4) is 0 Å².